The Bertz CT molecular complexity index is 938. The quantitative estimate of drug-likeness (QED) is 0.781. The van der Waals surface area contributed by atoms with Crippen LogP contribution < -0.4 is 5.32 Å². The molecule has 0 saturated carbocycles. The van der Waals surface area contributed by atoms with Gasteiger partial charge in [0, 0.05) is 38.3 Å². The molecule has 2 heterocycles. The highest BCUT2D eigenvalue weighted by molar-refractivity contribution is 8.00. The minimum atomic E-state index is -3.85. The molecule has 0 aromatic heterocycles. The zero-order chi connectivity index (χ0) is 20.3. The number of halogens is 1. The predicted molar refractivity (Wildman–Crippen MR) is 107 cm³/mol. The Morgan fingerprint density at radius 3 is 2.64 bits per heavy atom. The molecule has 0 bridgehead atoms. The van der Waals surface area contributed by atoms with Crippen molar-refractivity contribution in [2.45, 2.75) is 13.3 Å². The molecule has 1 aromatic rings. The van der Waals surface area contributed by atoms with E-state index in [1.807, 2.05) is 4.90 Å². The van der Waals surface area contributed by atoms with E-state index in [-0.39, 0.29) is 10.9 Å². The summed E-state index contributed by atoms with van der Waals surface area (Å²) >= 11 is 0. The van der Waals surface area contributed by atoms with Crippen molar-refractivity contribution in [3.05, 3.63) is 53.9 Å². The van der Waals surface area contributed by atoms with Crippen LogP contribution in [0.5, 0.6) is 0 Å². The Kier molecular flexibility index (Phi) is 5.83. The summed E-state index contributed by atoms with van der Waals surface area (Å²) in [5, 5.41) is 2.75. The first-order valence-electron chi connectivity index (χ1n) is 9.04. The predicted octanol–water partition coefficient (Wildman–Crippen LogP) is 2.20. The number of nitrogens with one attached hydrogen (secondary N) is 1. The second-order valence-corrected chi connectivity index (χ2v) is 8.19. The molecule has 9 heteroatoms. The zero-order valence-electron chi connectivity index (χ0n) is 15.7. The highest BCUT2D eigenvalue weighted by atomic mass is 32.2. The fourth-order valence-corrected chi connectivity index (χ4v) is 4.87. The van der Waals surface area contributed by atoms with E-state index in [0.717, 1.165) is 0 Å². The standard InChI is InChI=1S/C19H23FN4O3S/c1-3-9-21-19(25)24-11-4-10-23(12-13-24)18-14(2)17(28(26,27)22-18)15-5-7-16(20)8-6-15/h3,5-8H,1,4,9-13H2,2H3,(H,21,25). The lowest BCUT2D eigenvalue weighted by atomic mass is 10.1. The smallest absolute Gasteiger partial charge is 0.317 e. The summed E-state index contributed by atoms with van der Waals surface area (Å²) in [6, 6.07) is 5.18. The topological polar surface area (TPSA) is 82.1 Å². The summed E-state index contributed by atoms with van der Waals surface area (Å²) in [6.07, 6.45) is 2.31. The maximum Gasteiger partial charge on any atom is 0.317 e. The maximum absolute atomic E-state index is 13.2. The normalized spacial score (nSPS) is 19.3. The summed E-state index contributed by atoms with van der Waals surface area (Å²) in [7, 11) is -3.85. The number of hydrogen-bond acceptors (Lipinski definition) is 4. The Morgan fingerprint density at radius 1 is 1.25 bits per heavy atom. The molecule has 3 rings (SSSR count). The highest BCUT2D eigenvalue weighted by Crippen LogP contribution is 2.33. The molecule has 150 valence electrons. The van der Waals surface area contributed by atoms with Gasteiger partial charge in [-0.25, -0.2) is 9.18 Å². The second kappa shape index (κ2) is 8.14. The van der Waals surface area contributed by atoms with E-state index in [9.17, 15) is 17.6 Å². The third kappa shape index (κ3) is 4.09. The fourth-order valence-electron chi connectivity index (χ4n) is 3.39. The van der Waals surface area contributed by atoms with Gasteiger partial charge in [0.2, 0.25) is 0 Å². The van der Waals surface area contributed by atoms with Gasteiger partial charge in [-0.1, -0.05) is 18.2 Å². The number of urea groups is 1. The minimum Gasteiger partial charge on any atom is -0.354 e. The Labute approximate surface area is 164 Å². The van der Waals surface area contributed by atoms with Gasteiger partial charge in [-0.2, -0.15) is 8.42 Å². The molecule has 28 heavy (non-hydrogen) atoms. The van der Waals surface area contributed by atoms with Crippen LogP contribution in [0.25, 0.3) is 4.91 Å². The summed E-state index contributed by atoms with van der Waals surface area (Å²) in [6.45, 7) is 7.79. The number of sulfonamides is 1. The highest BCUT2D eigenvalue weighted by Gasteiger charge is 2.34. The molecule has 2 aliphatic heterocycles. The lowest BCUT2D eigenvalue weighted by Gasteiger charge is -2.23. The Hall–Kier alpha value is -2.68. The second-order valence-electron chi connectivity index (χ2n) is 6.65. The minimum absolute atomic E-state index is 0.104. The number of amides is 2. The summed E-state index contributed by atoms with van der Waals surface area (Å²) < 4.78 is 42.5. The van der Waals surface area contributed by atoms with Crippen LogP contribution in [0.3, 0.4) is 0 Å². The van der Waals surface area contributed by atoms with Crippen LogP contribution >= 0.6 is 0 Å². The van der Waals surface area contributed by atoms with E-state index in [1.54, 1.807) is 17.9 Å². The van der Waals surface area contributed by atoms with E-state index >= 15 is 0 Å². The van der Waals surface area contributed by atoms with Gasteiger partial charge in [0.25, 0.3) is 10.0 Å². The van der Waals surface area contributed by atoms with Crippen molar-refractivity contribution in [3.63, 3.8) is 0 Å². The average molecular weight is 406 g/mol. The number of carbonyl (C=O) groups is 1. The van der Waals surface area contributed by atoms with Crippen molar-refractivity contribution in [2.75, 3.05) is 32.7 Å². The summed E-state index contributed by atoms with van der Waals surface area (Å²) in [5.41, 5.74) is 0.953. The molecule has 2 aliphatic rings. The van der Waals surface area contributed by atoms with Crippen molar-refractivity contribution < 1.29 is 17.6 Å². The third-order valence-electron chi connectivity index (χ3n) is 4.73. The van der Waals surface area contributed by atoms with Crippen LogP contribution in [0.4, 0.5) is 9.18 Å². The summed E-state index contributed by atoms with van der Waals surface area (Å²) in [4.78, 5) is 15.9. The van der Waals surface area contributed by atoms with E-state index < -0.39 is 15.8 Å². The molecule has 2 amide bonds. The van der Waals surface area contributed by atoms with Gasteiger partial charge in [0.15, 0.2) is 0 Å². The molecule has 0 spiro atoms. The number of rotatable bonds is 3. The molecule has 1 N–H and O–H groups in total. The van der Waals surface area contributed by atoms with Crippen molar-refractivity contribution in [1.82, 2.24) is 15.1 Å². The van der Waals surface area contributed by atoms with E-state index in [4.69, 9.17) is 0 Å². The van der Waals surface area contributed by atoms with Crippen LogP contribution in [-0.4, -0.2) is 62.8 Å². The molecular formula is C19H23FN4O3S. The number of carbonyl (C=O) groups excluding carboxylic acids is 1. The van der Waals surface area contributed by atoms with Gasteiger partial charge >= 0.3 is 6.03 Å². The van der Waals surface area contributed by atoms with Crippen LogP contribution in [0.15, 0.2) is 46.9 Å². The summed E-state index contributed by atoms with van der Waals surface area (Å²) in [5.74, 6) is -0.0337. The largest absolute Gasteiger partial charge is 0.354 e. The van der Waals surface area contributed by atoms with Gasteiger partial charge in [-0.05, 0) is 31.0 Å². The van der Waals surface area contributed by atoms with E-state index in [1.165, 1.54) is 24.3 Å². The van der Waals surface area contributed by atoms with Crippen LogP contribution in [0.2, 0.25) is 0 Å². The first kappa shape index (κ1) is 20.1. The number of nitrogens with zero attached hydrogens (tertiary/aromatic N) is 3. The fraction of sp³-hybridized carbons (Fsp3) is 0.368. The van der Waals surface area contributed by atoms with Gasteiger partial charge in [-0.3, -0.25) is 0 Å². The molecule has 7 nitrogen and oxygen atoms in total. The van der Waals surface area contributed by atoms with Crippen molar-refractivity contribution >= 4 is 26.8 Å². The molecule has 1 saturated heterocycles. The van der Waals surface area contributed by atoms with Gasteiger partial charge in [-0.15, -0.1) is 11.0 Å². The molecule has 1 fully saturated rings. The number of hydrogen-bond donors (Lipinski definition) is 1. The van der Waals surface area contributed by atoms with Crippen LogP contribution in [0.1, 0.15) is 18.9 Å². The number of amidine groups is 1. The first-order valence-corrected chi connectivity index (χ1v) is 10.5. The van der Waals surface area contributed by atoms with Crippen LogP contribution in [-0.2, 0) is 10.0 Å². The molecule has 0 radical (unpaired) electrons. The molecular weight excluding hydrogens is 383 g/mol. The first-order chi connectivity index (χ1) is 13.3. The van der Waals surface area contributed by atoms with Crippen molar-refractivity contribution in [2.24, 2.45) is 4.40 Å². The Morgan fingerprint density at radius 2 is 1.96 bits per heavy atom. The monoisotopic (exact) mass is 406 g/mol. The molecule has 0 unspecified atom stereocenters. The van der Waals surface area contributed by atoms with Crippen molar-refractivity contribution in [3.8, 4) is 0 Å². The molecule has 0 atom stereocenters. The van der Waals surface area contributed by atoms with E-state index in [0.29, 0.717) is 56.1 Å². The maximum atomic E-state index is 13.2. The van der Waals surface area contributed by atoms with Gasteiger partial charge in [0.1, 0.15) is 16.6 Å². The zero-order valence-corrected chi connectivity index (χ0v) is 16.5. The van der Waals surface area contributed by atoms with Crippen molar-refractivity contribution in [1.29, 1.82) is 0 Å². The lowest BCUT2D eigenvalue weighted by Crippen LogP contribution is -2.42. The van der Waals surface area contributed by atoms with Gasteiger partial charge in [0.05, 0.1) is 0 Å². The SMILES string of the molecule is C=CCNC(=O)N1CCCN(C2=NS(=O)(=O)C(c3ccc(F)cc3)=C2C)CC1. The molecule has 1 aromatic carbocycles. The van der Waals surface area contributed by atoms with Crippen LogP contribution in [0, 0.1) is 5.82 Å². The third-order valence-corrected chi connectivity index (χ3v) is 6.20. The lowest BCUT2D eigenvalue weighted by molar-refractivity contribution is 0.201. The Balaban J connectivity index is 1.81. The van der Waals surface area contributed by atoms with E-state index in [2.05, 4.69) is 16.3 Å². The number of benzene rings is 1. The average Bonchev–Trinajstić information content (AvgIpc) is 2.83. The van der Waals surface area contributed by atoms with Gasteiger partial charge < -0.3 is 15.1 Å². The molecule has 0 aliphatic carbocycles.